The Morgan fingerprint density at radius 2 is 1.73 bits per heavy atom. The SMILES string of the molecule is O=C(O)c1cc(C(=O)O)c2c(n1)CCc1cc(C(=O)O)[nH]c1-2. The Hall–Kier alpha value is -3.16. The molecule has 0 spiro atoms. The molecule has 0 bridgehead atoms. The molecule has 8 heteroatoms. The smallest absolute Gasteiger partial charge is 0.354 e. The van der Waals surface area contributed by atoms with Crippen LogP contribution in [0, 0.1) is 0 Å². The Balaban J connectivity index is 2.29. The van der Waals surface area contributed by atoms with Crippen molar-refractivity contribution in [2.45, 2.75) is 12.8 Å². The Morgan fingerprint density at radius 3 is 2.32 bits per heavy atom. The number of rotatable bonds is 3. The van der Waals surface area contributed by atoms with Gasteiger partial charge in [0.25, 0.3) is 0 Å². The molecule has 0 unspecified atom stereocenters. The molecule has 2 aromatic heterocycles. The molecule has 1 aliphatic carbocycles. The van der Waals surface area contributed by atoms with E-state index in [2.05, 4.69) is 9.97 Å². The lowest BCUT2D eigenvalue weighted by Gasteiger charge is -2.18. The number of hydrogen-bond acceptors (Lipinski definition) is 4. The molecule has 0 saturated heterocycles. The topological polar surface area (TPSA) is 141 Å². The van der Waals surface area contributed by atoms with Gasteiger partial charge in [0.15, 0.2) is 0 Å². The third-order valence-corrected chi connectivity index (χ3v) is 3.55. The number of aromatic nitrogens is 2. The fourth-order valence-corrected chi connectivity index (χ4v) is 2.62. The van der Waals surface area contributed by atoms with Gasteiger partial charge in [-0.05, 0) is 30.5 Å². The average Bonchev–Trinajstić information content (AvgIpc) is 2.90. The molecule has 3 rings (SSSR count). The van der Waals surface area contributed by atoms with Gasteiger partial charge in [-0.2, -0.15) is 0 Å². The summed E-state index contributed by atoms with van der Waals surface area (Å²) in [6, 6.07) is 2.44. The van der Waals surface area contributed by atoms with Gasteiger partial charge in [-0.25, -0.2) is 19.4 Å². The molecule has 2 aromatic rings. The monoisotopic (exact) mass is 302 g/mol. The van der Waals surface area contributed by atoms with Crippen molar-refractivity contribution >= 4 is 17.9 Å². The van der Waals surface area contributed by atoms with Gasteiger partial charge in [-0.3, -0.25) is 0 Å². The van der Waals surface area contributed by atoms with Crippen molar-refractivity contribution in [2.75, 3.05) is 0 Å². The fraction of sp³-hybridized carbons (Fsp3) is 0.143. The number of pyridine rings is 1. The highest BCUT2D eigenvalue weighted by molar-refractivity contribution is 6.00. The van der Waals surface area contributed by atoms with E-state index >= 15 is 0 Å². The Bertz CT molecular complexity index is 836. The summed E-state index contributed by atoms with van der Waals surface area (Å²) in [6.07, 6.45) is 0.807. The van der Waals surface area contributed by atoms with E-state index in [4.69, 9.17) is 10.2 Å². The van der Waals surface area contributed by atoms with Crippen LogP contribution in [-0.4, -0.2) is 43.2 Å². The number of carboxylic acids is 3. The van der Waals surface area contributed by atoms with Gasteiger partial charge in [0, 0.05) is 5.56 Å². The summed E-state index contributed by atoms with van der Waals surface area (Å²) in [7, 11) is 0. The maximum absolute atomic E-state index is 11.4. The summed E-state index contributed by atoms with van der Waals surface area (Å²) >= 11 is 0. The molecule has 0 saturated carbocycles. The minimum Gasteiger partial charge on any atom is -0.478 e. The van der Waals surface area contributed by atoms with Crippen molar-refractivity contribution < 1.29 is 29.7 Å². The molecule has 0 fully saturated rings. The zero-order valence-electron chi connectivity index (χ0n) is 11.1. The summed E-state index contributed by atoms with van der Waals surface area (Å²) in [4.78, 5) is 40.2. The summed E-state index contributed by atoms with van der Waals surface area (Å²) in [6.45, 7) is 0. The van der Waals surface area contributed by atoms with E-state index in [1.54, 1.807) is 0 Å². The highest BCUT2D eigenvalue weighted by Gasteiger charge is 2.28. The number of nitrogens with one attached hydrogen (secondary N) is 1. The lowest BCUT2D eigenvalue weighted by Crippen LogP contribution is -2.15. The van der Waals surface area contributed by atoms with Crippen molar-refractivity contribution in [3.05, 3.63) is 40.3 Å². The van der Waals surface area contributed by atoms with Crippen LogP contribution in [0.25, 0.3) is 11.3 Å². The first-order valence-corrected chi connectivity index (χ1v) is 6.34. The maximum atomic E-state index is 11.4. The number of aromatic carboxylic acids is 3. The number of nitrogens with zero attached hydrogens (tertiary/aromatic N) is 1. The Morgan fingerprint density at radius 1 is 1.00 bits per heavy atom. The largest absolute Gasteiger partial charge is 0.478 e. The molecule has 2 heterocycles. The van der Waals surface area contributed by atoms with Crippen LogP contribution in [0.3, 0.4) is 0 Å². The molecular weight excluding hydrogens is 292 g/mol. The minimum absolute atomic E-state index is 0.0449. The normalized spacial score (nSPS) is 12.4. The van der Waals surface area contributed by atoms with Gasteiger partial charge in [0.05, 0.1) is 17.0 Å². The van der Waals surface area contributed by atoms with Crippen molar-refractivity contribution in [1.82, 2.24) is 9.97 Å². The maximum Gasteiger partial charge on any atom is 0.354 e. The van der Waals surface area contributed by atoms with Crippen LogP contribution >= 0.6 is 0 Å². The zero-order chi connectivity index (χ0) is 16.0. The third-order valence-electron chi connectivity index (χ3n) is 3.55. The molecule has 0 aliphatic heterocycles. The summed E-state index contributed by atoms with van der Waals surface area (Å²) in [5, 5.41) is 27.4. The van der Waals surface area contributed by atoms with Crippen LogP contribution < -0.4 is 0 Å². The standard InChI is InChI=1S/C14H10N2O6/c17-12(18)6-4-9(14(21)22)15-7-2-1-5-3-8(13(19)20)16-11(5)10(6)7/h3-4,16H,1-2H2,(H,17,18)(H,19,20)(H,21,22). The molecule has 1 aliphatic rings. The molecule has 0 aromatic carbocycles. The quantitative estimate of drug-likeness (QED) is 0.669. The number of H-pyrrole nitrogens is 1. The van der Waals surface area contributed by atoms with Crippen LogP contribution in [0.1, 0.15) is 42.6 Å². The first-order valence-electron chi connectivity index (χ1n) is 6.34. The van der Waals surface area contributed by atoms with Gasteiger partial charge in [-0.1, -0.05) is 0 Å². The number of aromatic amines is 1. The fourth-order valence-electron chi connectivity index (χ4n) is 2.62. The first-order chi connectivity index (χ1) is 10.4. The van der Waals surface area contributed by atoms with Gasteiger partial charge in [0.2, 0.25) is 0 Å². The van der Waals surface area contributed by atoms with Crippen molar-refractivity contribution in [3.8, 4) is 11.3 Å². The highest BCUT2D eigenvalue weighted by atomic mass is 16.4. The number of fused-ring (bicyclic) bond motifs is 3. The summed E-state index contributed by atoms with van der Waals surface area (Å²) < 4.78 is 0. The van der Waals surface area contributed by atoms with E-state index in [1.807, 2.05) is 0 Å². The number of carbonyl (C=O) groups is 3. The molecule has 0 atom stereocenters. The molecule has 112 valence electrons. The van der Waals surface area contributed by atoms with Crippen LogP contribution in [0.5, 0.6) is 0 Å². The van der Waals surface area contributed by atoms with Gasteiger partial charge in [-0.15, -0.1) is 0 Å². The molecule has 0 radical (unpaired) electrons. The number of aryl methyl sites for hydroxylation is 2. The first kappa shape index (κ1) is 13.8. The van der Waals surface area contributed by atoms with Crippen LogP contribution in [0.15, 0.2) is 12.1 Å². The van der Waals surface area contributed by atoms with Crippen molar-refractivity contribution in [2.24, 2.45) is 0 Å². The lowest BCUT2D eigenvalue weighted by molar-refractivity contribution is 0.0677. The van der Waals surface area contributed by atoms with Crippen LogP contribution in [-0.2, 0) is 12.8 Å². The molecule has 4 N–H and O–H groups in total. The number of carboxylic acid groups (broad SMARTS) is 3. The second kappa shape index (κ2) is 4.69. The summed E-state index contributed by atoms with van der Waals surface area (Å²) in [5.41, 5.74) is 1.05. The second-order valence-electron chi connectivity index (χ2n) is 4.88. The van der Waals surface area contributed by atoms with Gasteiger partial charge < -0.3 is 20.3 Å². The van der Waals surface area contributed by atoms with E-state index in [9.17, 15) is 19.5 Å². The molecular formula is C14H10N2O6. The predicted molar refractivity (Wildman–Crippen MR) is 72.3 cm³/mol. The third kappa shape index (κ3) is 2.01. The highest BCUT2D eigenvalue weighted by Crippen LogP contribution is 2.35. The van der Waals surface area contributed by atoms with Crippen molar-refractivity contribution in [3.63, 3.8) is 0 Å². The van der Waals surface area contributed by atoms with E-state index in [0.717, 1.165) is 6.07 Å². The van der Waals surface area contributed by atoms with Crippen LogP contribution in [0.4, 0.5) is 0 Å². The lowest BCUT2D eigenvalue weighted by atomic mass is 9.90. The second-order valence-corrected chi connectivity index (χ2v) is 4.88. The molecule has 22 heavy (non-hydrogen) atoms. The zero-order valence-corrected chi connectivity index (χ0v) is 11.1. The van der Waals surface area contributed by atoms with Crippen molar-refractivity contribution in [1.29, 1.82) is 0 Å². The average molecular weight is 302 g/mol. The van der Waals surface area contributed by atoms with E-state index in [0.29, 0.717) is 29.8 Å². The van der Waals surface area contributed by atoms with E-state index < -0.39 is 17.9 Å². The Kier molecular flexibility index (Phi) is 2.94. The summed E-state index contributed by atoms with van der Waals surface area (Å²) in [5.74, 6) is -3.75. The Labute approximate surface area is 123 Å². The predicted octanol–water partition coefficient (Wildman–Crippen LogP) is 1.27. The van der Waals surface area contributed by atoms with Gasteiger partial charge >= 0.3 is 17.9 Å². The number of hydrogen-bond donors (Lipinski definition) is 4. The van der Waals surface area contributed by atoms with Crippen LogP contribution in [0.2, 0.25) is 0 Å². The van der Waals surface area contributed by atoms with E-state index in [-0.39, 0.29) is 22.5 Å². The molecule has 8 nitrogen and oxygen atoms in total. The van der Waals surface area contributed by atoms with E-state index in [1.165, 1.54) is 6.07 Å². The van der Waals surface area contributed by atoms with Gasteiger partial charge in [0.1, 0.15) is 11.4 Å². The minimum atomic E-state index is -1.31. The molecule has 0 amide bonds.